The third-order valence-corrected chi connectivity index (χ3v) is 5.26. The second kappa shape index (κ2) is 5.91. The Hall–Kier alpha value is -0.430. The molecule has 0 spiro atoms. The lowest BCUT2D eigenvalue weighted by Gasteiger charge is -2.38. The Morgan fingerprint density at radius 3 is 2.68 bits per heavy atom. The summed E-state index contributed by atoms with van der Waals surface area (Å²) in [5.74, 6) is 0. The Balaban J connectivity index is 1.99. The van der Waals surface area contributed by atoms with Crippen LogP contribution in [-0.4, -0.2) is 49.6 Å². The van der Waals surface area contributed by atoms with E-state index in [1.54, 1.807) is 4.31 Å². The molecule has 0 bridgehead atoms. The van der Waals surface area contributed by atoms with E-state index < -0.39 is 10.0 Å². The van der Waals surface area contributed by atoms with Crippen LogP contribution in [0.4, 0.5) is 0 Å². The van der Waals surface area contributed by atoms with Gasteiger partial charge in [-0.05, 0) is 24.6 Å². The lowest BCUT2D eigenvalue weighted by Crippen LogP contribution is -2.53. The van der Waals surface area contributed by atoms with Crippen LogP contribution >= 0.6 is 15.9 Å². The summed E-state index contributed by atoms with van der Waals surface area (Å²) in [4.78, 5) is 2.30. The molecule has 6 heteroatoms. The molecule has 1 heterocycles. The van der Waals surface area contributed by atoms with Gasteiger partial charge in [-0.1, -0.05) is 28.1 Å². The summed E-state index contributed by atoms with van der Waals surface area (Å²) in [5.41, 5.74) is 1.24. The van der Waals surface area contributed by atoms with Crippen molar-refractivity contribution >= 4 is 26.0 Å². The predicted molar refractivity (Wildman–Crippen MR) is 80.4 cm³/mol. The minimum atomic E-state index is -3.08. The highest BCUT2D eigenvalue weighted by molar-refractivity contribution is 9.10. The molecule has 1 atom stereocenters. The average Bonchev–Trinajstić information content (AvgIpc) is 2.27. The topological polar surface area (TPSA) is 40.6 Å². The average molecular weight is 347 g/mol. The molecule has 1 aromatic carbocycles. The van der Waals surface area contributed by atoms with E-state index >= 15 is 0 Å². The fourth-order valence-corrected chi connectivity index (χ4v) is 4.13. The van der Waals surface area contributed by atoms with Gasteiger partial charge in [0.05, 0.1) is 6.26 Å². The zero-order chi connectivity index (χ0) is 14.0. The van der Waals surface area contributed by atoms with E-state index in [0.29, 0.717) is 6.54 Å². The lowest BCUT2D eigenvalue weighted by molar-refractivity contribution is 0.138. The van der Waals surface area contributed by atoms with Crippen LogP contribution in [0.1, 0.15) is 12.5 Å². The highest BCUT2D eigenvalue weighted by Crippen LogP contribution is 2.17. The lowest BCUT2D eigenvalue weighted by atomic mass is 10.1. The molecular weight excluding hydrogens is 328 g/mol. The number of rotatable bonds is 3. The summed E-state index contributed by atoms with van der Waals surface area (Å²) in [6.45, 7) is 4.97. The molecule has 106 valence electrons. The maximum absolute atomic E-state index is 11.6. The van der Waals surface area contributed by atoms with E-state index in [0.717, 1.165) is 24.1 Å². The van der Waals surface area contributed by atoms with Crippen LogP contribution in [0.15, 0.2) is 28.7 Å². The molecule has 1 aliphatic heterocycles. The molecule has 1 saturated heterocycles. The van der Waals surface area contributed by atoms with Gasteiger partial charge in [-0.25, -0.2) is 8.42 Å². The number of benzene rings is 1. The quantitative estimate of drug-likeness (QED) is 0.839. The molecule has 4 nitrogen and oxygen atoms in total. The molecular formula is C13H19BrN2O2S. The van der Waals surface area contributed by atoms with Gasteiger partial charge >= 0.3 is 0 Å². The predicted octanol–water partition coefficient (Wildman–Crippen LogP) is 1.91. The number of sulfonamides is 1. The minimum absolute atomic E-state index is 0.0379. The van der Waals surface area contributed by atoms with Crippen LogP contribution < -0.4 is 0 Å². The molecule has 0 aromatic heterocycles. The Morgan fingerprint density at radius 2 is 2.11 bits per heavy atom. The van der Waals surface area contributed by atoms with Crippen LogP contribution in [0, 0.1) is 0 Å². The van der Waals surface area contributed by atoms with E-state index in [-0.39, 0.29) is 6.04 Å². The normalized spacial score (nSPS) is 22.6. The summed E-state index contributed by atoms with van der Waals surface area (Å²) < 4.78 is 25.9. The molecule has 0 unspecified atom stereocenters. The number of hydrogen-bond donors (Lipinski definition) is 0. The summed E-state index contributed by atoms with van der Waals surface area (Å²) in [6, 6.07) is 8.27. The smallest absolute Gasteiger partial charge is 0.211 e. The number of halogens is 1. The molecule has 0 aliphatic carbocycles. The highest BCUT2D eigenvalue weighted by Gasteiger charge is 2.29. The SMILES string of the molecule is C[C@H]1CN(Cc2cccc(Br)c2)CCN1S(C)(=O)=O. The van der Waals surface area contributed by atoms with Crippen molar-refractivity contribution in [1.29, 1.82) is 0 Å². The van der Waals surface area contributed by atoms with Crippen LogP contribution in [-0.2, 0) is 16.6 Å². The molecule has 19 heavy (non-hydrogen) atoms. The van der Waals surface area contributed by atoms with Crippen molar-refractivity contribution in [3.8, 4) is 0 Å². The van der Waals surface area contributed by atoms with Gasteiger partial charge in [0.15, 0.2) is 0 Å². The Morgan fingerprint density at radius 1 is 1.37 bits per heavy atom. The maximum atomic E-state index is 11.6. The van der Waals surface area contributed by atoms with Crippen LogP contribution in [0.2, 0.25) is 0 Å². The van der Waals surface area contributed by atoms with Gasteiger partial charge in [-0.2, -0.15) is 4.31 Å². The van der Waals surface area contributed by atoms with E-state index in [1.165, 1.54) is 11.8 Å². The largest absolute Gasteiger partial charge is 0.296 e. The Labute approximate surface area is 123 Å². The van der Waals surface area contributed by atoms with E-state index in [2.05, 4.69) is 33.0 Å². The number of piperazine rings is 1. The van der Waals surface area contributed by atoms with Crippen LogP contribution in [0.25, 0.3) is 0 Å². The van der Waals surface area contributed by atoms with Gasteiger partial charge in [-0.3, -0.25) is 4.90 Å². The van der Waals surface area contributed by atoms with Crippen molar-refractivity contribution in [1.82, 2.24) is 9.21 Å². The van der Waals surface area contributed by atoms with Crippen molar-refractivity contribution in [2.45, 2.75) is 19.5 Å². The first-order chi connectivity index (χ1) is 8.86. The Kier molecular flexibility index (Phi) is 4.66. The Bertz CT molecular complexity index is 547. The van der Waals surface area contributed by atoms with E-state index in [9.17, 15) is 8.42 Å². The van der Waals surface area contributed by atoms with Crippen molar-refractivity contribution in [2.24, 2.45) is 0 Å². The van der Waals surface area contributed by atoms with Gasteiger partial charge in [0.2, 0.25) is 10.0 Å². The van der Waals surface area contributed by atoms with Gasteiger partial charge in [-0.15, -0.1) is 0 Å². The summed E-state index contributed by atoms with van der Waals surface area (Å²) in [6.07, 6.45) is 1.29. The van der Waals surface area contributed by atoms with E-state index in [4.69, 9.17) is 0 Å². The van der Waals surface area contributed by atoms with Crippen molar-refractivity contribution in [3.05, 3.63) is 34.3 Å². The second-order valence-corrected chi connectivity index (χ2v) is 7.94. The first kappa shape index (κ1) is 15.0. The van der Waals surface area contributed by atoms with Crippen molar-refractivity contribution in [3.63, 3.8) is 0 Å². The first-order valence-corrected chi connectivity index (χ1v) is 8.94. The third kappa shape index (κ3) is 4.02. The van der Waals surface area contributed by atoms with E-state index in [1.807, 2.05) is 19.1 Å². The first-order valence-electron chi connectivity index (χ1n) is 6.30. The van der Waals surface area contributed by atoms with Crippen molar-refractivity contribution in [2.75, 3.05) is 25.9 Å². The van der Waals surface area contributed by atoms with Gasteiger partial charge in [0.25, 0.3) is 0 Å². The zero-order valence-electron chi connectivity index (χ0n) is 11.2. The second-order valence-electron chi connectivity index (χ2n) is 5.09. The third-order valence-electron chi connectivity index (χ3n) is 3.37. The monoisotopic (exact) mass is 346 g/mol. The maximum Gasteiger partial charge on any atom is 0.211 e. The van der Waals surface area contributed by atoms with Gasteiger partial charge < -0.3 is 0 Å². The highest BCUT2D eigenvalue weighted by atomic mass is 79.9. The summed E-state index contributed by atoms with van der Waals surface area (Å²) in [5, 5.41) is 0. The molecule has 0 saturated carbocycles. The fraction of sp³-hybridized carbons (Fsp3) is 0.538. The molecule has 0 amide bonds. The van der Waals surface area contributed by atoms with Gasteiger partial charge in [0.1, 0.15) is 0 Å². The molecule has 2 rings (SSSR count). The standard InChI is InChI=1S/C13H19BrN2O2S/c1-11-9-15(6-7-16(11)19(2,17)18)10-12-4-3-5-13(14)8-12/h3-5,8,11H,6-7,9-10H2,1-2H3/t11-/m0/s1. The summed E-state index contributed by atoms with van der Waals surface area (Å²) >= 11 is 3.47. The fourth-order valence-electron chi connectivity index (χ4n) is 2.55. The number of hydrogen-bond acceptors (Lipinski definition) is 3. The van der Waals surface area contributed by atoms with Crippen molar-refractivity contribution < 1.29 is 8.42 Å². The minimum Gasteiger partial charge on any atom is -0.296 e. The molecule has 1 fully saturated rings. The van der Waals surface area contributed by atoms with Gasteiger partial charge in [0, 0.05) is 36.7 Å². The van der Waals surface area contributed by atoms with Crippen LogP contribution in [0.3, 0.4) is 0 Å². The number of nitrogens with zero attached hydrogens (tertiary/aromatic N) is 2. The summed E-state index contributed by atoms with van der Waals surface area (Å²) in [7, 11) is -3.08. The molecule has 0 N–H and O–H groups in total. The molecule has 1 aliphatic rings. The molecule has 0 radical (unpaired) electrons. The van der Waals surface area contributed by atoms with Crippen LogP contribution in [0.5, 0.6) is 0 Å². The zero-order valence-corrected chi connectivity index (χ0v) is 13.6. The molecule has 1 aromatic rings.